The van der Waals surface area contributed by atoms with Crippen LogP contribution in [0.2, 0.25) is 5.02 Å². The van der Waals surface area contributed by atoms with Gasteiger partial charge in [0.1, 0.15) is 0 Å². The van der Waals surface area contributed by atoms with Gasteiger partial charge in [0.15, 0.2) is 0 Å². The summed E-state index contributed by atoms with van der Waals surface area (Å²) in [7, 11) is 0. The van der Waals surface area contributed by atoms with Crippen molar-refractivity contribution in [3.63, 3.8) is 0 Å². The van der Waals surface area contributed by atoms with Crippen LogP contribution in [0.25, 0.3) is 0 Å². The second-order valence-electron chi connectivity index (χ2n) is 6.38. The summed E-state index contributed by atoms with van der Waals surface area (Å²) in [5.41, 5.74) is 1.28. The summed E-state index contributed by atoms with van der Waals surface area (Å²) in [6.45, 7) is 8.91. The largest absolute Gasteiger partial charge is 0.340 e. The number of carbonyl (C=O) groups is 1. The van der Waals surface area contributed by atoms with Crippen LogP contribution < -0.4 is 0 Å². The highest BCUT2D eigenvalue weighted by molar-refractivity contribution is 6.30. The zero-order chi connectivity index (χ0) is 15.9. The lowest BCUT2D eigenvalue weighted by atomic mass is 10.0. The van der Waals surface area contributed by atoms with Crippen LogP contribution in [-0.2, 0) is 11.3 Å². The highest BCUT2D eigenvalue weighted by atomic mass is 35.5. The molecule has 1 heterocycles. The van der Waals surface area contributed by atoms with Crippen LogP contribution in [0.5, 0.6) is 0 Å². The molecule has 1 aliphatic heterocycles. The molecule has 22 heavy (non-hydrogen) atoms. The molecular weight excluding hydrogens is 296 g/mol. The van der Waals surface area contributed by atoms with Crippen molar-refractivity contribution in [3.05, 3.63) is 34.9 Å². The summed E-state index contributed by atoms with van der Waals surface area (Å²) in [4.78, 5) is 16.7. The van der Waals surface area contributed by atoms with Crippen molar-refractivity contribution in [1.82, 2.24) is 9.80 Å². The highest BCUT2D eigenvalue weighted by Crippen LogP contribution is 2.15. The van der Waals surface area contributed by atoms with Crippen molar-refractivity contribution in [1.29, 1.82) is 0 Å². The summed E-state index contributed by atoms with van der Waals surface area (Å²) in [6.07, 6.45) is 3.00. The Labute approximate surface area is 139 Å². The van der Waals surface area contributed by atoms with Gasteiger partial charge in [0, 0.05) is 44.2 Å². The molecule has 0 aliphatic carbocycles. The minimum Gasteiger partial charge on any atom is -0.340 e. The minimum absolute atomic E-state index is 0.326. The molecule has 1 aliphatic rings. The SMILES string of the molecule is CCCC(C)CC(=O)N1CCN(Cc2ccc(Cl)cc2)CC1. The number of carbonyl (C=O) groups excluding carboxylic acids is 1. The molecule has 1 aromatic carbocycles. The fourth-order valence-corrected chi connectivity index (χ4v) is 3.15. The van der Waals surface area contributed by atoms with Crippen molar-refractivity contribution < 1.29 is 4.79 Å². The molecule has 1 atom stereocenters. The lowest BCUT2D eigenvalue weighted by Crippen LogP contribution is -2.48. The number of nitrogens with zero attached hydrogens (tertiary/aromatic N) is 2. The average Bonchev–Trinajstić information content (AvgIpc) is 2.50. The molecule has 2 rings (SSSR count). The summed E-state index contributed by atoms with van der Waals surface area (Å²) >= 11 is 5.91. The molecule has 1 saturated heterocycles. The fraction of sp³-hybridized carbons (Fsp3) is 0.611. The number of halogens is 1. The van der Waals surface area contributed by atoms with Crippen molar-refractivity contribution in [2.24, 2.45) is 5.92 Å². The first-order valence-electron chi connectivity index (χ1n) is 8.33. The Kier molecular flexibility index (Phi) is 6.71. The van der Waals surface area contributed by atoms with E-state index in [1.54, 1.807) is 0 Å². The molecule has 0 radical (unpaired) electrons. The standard InChI is InChI=1S/C18H27ClN2O/c1-3-4-15(2)13-18(22)21-11-9-20(10-12-21)14-16-5-7-17(19)8-6-16/h5-8,15H,3-4,9-14H2,1-2H3. The van der Waals surface area contributed by atoms with E-state index >= 15 is 0 Å². The minimum atomic E-state index is 0.326. The van der Waals surface area contributed by atoms with Gasteiger partial charge in [0.2, 0.25) is 5.91 Å². The van der Waals surface area contributed by atoms with Gasteiger partial charge in [-0.25, -0.2) is 0 Å². The molecule has 1 amide bonds. The first kappa shape index (κ1) is 17.3. The molecule has 1 fully saturated rings. The Bertz CT molecular complexity index is 466. The predicted octanol–water partition coefficient (Wildman–Crippen LogP) is 3.81. The van der Waals surface area contributed by atoms with Crippen LogP contribution >= 0.6 is 11.6 Å². The van der Waals surface area contributed by atoms with Gasteiger partial charge in [-0.3, -0.25) is 9.69 Å². The summed E-state index contributed by atoms with van der Waals surface area (Å²) < 4.78 is 0. The van der Waals surface area contributed by atoms with Gasteiger partial charge < -0.3 is 4.90 Å². The molecule has 1 unspecified atom stereocenters. The number of rotatable bonds is 6. The molecule has 0 saturated carbocycles. The van der Waals surface area contributed by atoms with Gasteiger partial charge in [-0.15, -0.1) is 0 Å². The van der Waals surface area contributed by atoms with E-state index in [1.807, 2.05) is 17.0 Å². The topological polar surface area (TPSA) is 23.6 Å². The maximum atomic E-state index is 12.3. The van der Waals surface area contributed by atoms with Crippen LogP contribution in [-0.4, -0.2) is 41.9 Å². The van der Waals surface area contributed by atoms with Crippen LogP contribution in [0, 0.1) is 5.92 Å². The maximum Gasteiger partial charge on any atom is 0.222 e. The fourth-order valence-electron chi connectivity index (χ4n) is 3.03. The number of hydrogen-bond donors (Lipinski definition) is 0. The molecule has 3 nitrogen and oxygen atoms in total. The number of amides is 1. The summed E-state index contributed by atoms with van der Waals surface area (Å²) in [5.74, 6) is 0.830. The third-order valence-electron chi connectivity index (χ3n) is 4.35. The van der Waals surface area contributed by atoms with Crippen molar-refractivity contribution in [2.45, 2.75) is 39.7 Å². The highest BCUT2D eigenvalue weighted by Gasteiger charge is 2.22. The molecular formula is C18H27ClN2O. The van der Waals surface area contributed by atoms with E-state index in [9.17, 15) is 4.79 Å². The van der Waals surface area contributed by atoms with Crippen LogP contribution in [0.4, 0.5) is 0 Å². The monoisotopic (exact) mass is 322 g/mol. The lowest BCUT2D eigenvalue weighted by Gasteiger charge is -2.35. The predicted molar refractivity (Wildman–Crippen MR) is 92.0 cm³/mol. The Hall–Kier alpha value is -1.06. The number of benzene rings is 1. The van der Waals surface area contributed by atoms with Gasteiger partial charge in [0.05, 0.1) is 0 Å². The van der Waals surface area contributed by atoms with Gasteiger partial charge in [-0.2, -0.15) is 0 Å². The zero-order valence-corrected chi connectivity index (χ0v) is 14.5. The Balaban J connectivity index is 1.75. The van der Waals surface area contributed by atoms with E-state index in [0.29, 0.717) is 18.2 Å². The van der Waals surface area contributed by atoms with E-state index in [4.69, 9.17) is 11.6 Å². The van der Waals surface area contributed by atoms with E-state index < -0.39 is 0 Å². The molecule has 1 aromatic rings. The Morgan fingerprint density at radius 3 is 2.41 bits per heavy atom. The van der Waals surface area contributed by atoms with Crippen molar-refractivity contribution in [3.8, 4) is 0 Å². The number of piperazine rings is 1. The van der Waals surface area contributed by atoms with E-state index in [-0.39, 0.29) is 0 Å². The van der Waals surface area contributed by atoms with E-state index in [0.717, 1.165) is 50.6 Å². The normalized spacial score (nSPS) is 17.5. The van der Waals surface area contributed by atoms with Crippen LogP contribution in [0.3, 0.4) is 0 Å². The van der Waals surface area contributed by atoms with Gasteiger partial charge in [-0.1, -0.05) is 50.4 Å². The van der Waals surface area contributed by atoms with Crippen molar-refractivity contribution in [2.75, 3.05) is 26.2 Å². The lowest BCUT2D eigenvalue weighted by molar-refractivity contribution is -0.133. The van der Waals surface area contributed by atoms with Crippen LogP contribution in [0.1, 0.15) is 38.7 Å². The van der Waals surface area contributed by atoms with Crippen molar-refractivity contribution >= 4 is 17.5 Å². The van der Waals surface area contributed by atoms with Gasteiger partial charge >= 0.3 is 0 Å². The molecule has 4 heteroatoms. The second kappa shape index (κ2) is 8.54. The Morgan fingerprint density at radius 1 is 1.18 bits per heavy atom. The first-order valence-corrected chi connectivity index (χ1v) is 8.71. The van der Waals surface area contributed by atoms with E-state index in [1.165, 1.54) is 5.56 Å². The quantitative estimate of drug-likeness (QED) is 0.795. The molecule has 122 valence electrons. The smallest absolute Gasteiger partial charge is 0.222 e. The van der Waals surface area contributed by atoms with Gasteiger partial charge in [-0.05, 0) is 23.6 Å². The second-order valence-corrected chi connectivity index (χ2v) is 6.82. The first-order chi connectivity index (χ1) is 10.6. The van der Waals surface area contributed by atoms with Crippen LogP contribution in [0.15, 0.2) is 24.3 Å². The third-order valence-corrected chi connectivity index (χ3v) is 4.60. The van der Waals surface area contributed by atoms with E-state index in [2.05, 4.69) is 30.9 Å². The molecule has 0 spiro atoms. The van der Waals surface area contributed by atoms with Gasteiger partial charge in [0.25, 0.3) is 0 Å². The number of hydrogen-bond acceptors (Lipinski definition) is 2. The maximum absolute atomic E-state index is 12.3. The zero-order valence-electron chi connectivity index (χ0n) is 13.7. The summed E-state index contributed by atoms with van der Waals surface area (Å²) in [6, 6.07) is 8.02. The molecule has 0 N–H and O–H groups in total. The Morgan fingerprint density at radius 2 is 1.82 bits per heavy atom. The average molecular weight is 323 g/mol. The molecule has 0 bridgehead atoms. The summed E-state index contributed by atoms with van der Waals surface area (Å²) in [5, 5.41) is 0.778. The molecule has 0 aromatic heterocycles. The third kappa shape index (κ3) is 5.29.